The normalized spacial score (nSPS) is 22.6. The monoisotopic (exact) mass is 232 g/mol. The van der Waals surface area contributed by atoms with Crippen molar-refractivity contribution in [2.75, 3.05) is 0 Å². The van der Waals surface area contributed by atoms with E-state index in [4.69, 9.17) is 4.52 Å². The fraction of sp³-hybridized carbons (Fsp3) is 0.333. The van der Waals surface area contributed by atoms with Gasteiger partial charge in [-0.2, -0.15) is 4.98 Å². The quantitative estimate of drug-likeness (QED) is 0.830. The van der Waals surface area contributed by atoms with Gasteiger partial charge in [0.25, 0.3) is 5.89 Å². The molecule has 2 aromatic rings. The summed E-state index contributed by atoms with van der Waals surface area (Å²) < 4.78 is 5.08. The molecule has 1 fully saturated rings. The van der Waals surface area contributed by atoms with E-state index in [0.717, 1.165) is 6.42 Å². The molecule has 3 rings (SSSR count). The number of aromatic nitrogens is 2. The maximum Gasteiger partial charge on any atom is 0.265 e. The Morgan fingerprint density at radius 1 is 1.29 bits per heavy atom. The molecular weight excluding hydrogens is 220 g/mol. The average molecular weight is 232 g/mol. The predicted octanol–water partition coefficient (Wildman–Crippen LogP) is 2.27. The summed E-state index contributed by atoms with van der Waals surface area (Å²) in [6.07, 6.45) is 1.06. The molecule has 0 saturated heterocycles. The van der Waals surface area contributed by atoms with E-state index in [-0.39, 0.29) is 23.0 Å². The largest absolute Gasteiger partial charge is 0.507 e. The molecule has 0 spiro atoms. The Kier molecular flexibility index (Phi) is 2.07. The smallest absolute Gasteiger partial charge is 0.265 e. The van der Waals surface area contributed by atoms with Crippen LogP contribution in [0.3, 0.4) is 0 Å². The first-order valence-electron chi connectivity index (χ1n) is 5.51. The van der Waals surface area contributed by atoms with Crippen LogP contribution in [0.25, 0.3) is 11.5 Å². The number of phenols is 2. The molecule has 1 aromatic heterocycles. The SMILES string of the molecule is CC1CC1c1noc(-c2c(O)cccc2O)n1. The molecule has 17 heavy (non-hydrogen) atoms. The van der Waals surface area contributed by atoms with Gasteiger partial charge >= 0.3 is 0 Å². The lowest BCUT2D eigenvalue weighted by molar-refractivity contribution is 0.409. The number of hydrogen-bond donors (Lipinski definition) is 2. The van der Waals surface area contributed by atoms with Crippen molar-refractivity contribution < 1.29 is 14.7 Å². The molecule has 88 valence electrons. The van der Waals surface area contributed by atoms with Crippen LogP contribution in [-0.4, -0.2) is 20.4 Å². The van der Waals surface area contributed by atoms with E-state index in [2.05, 4.69) is 17.1 Å². The van der Waals surface area contributed by atoms with Crippen molar-refractivity contribution in [3.8, 4) is 23.0 Å². The summed E-state index contributed by atoms with van der Waals surface area (Å²) >= 11 is 0. The minimum absolute atomic E-state index is 0.0657. The Labute approximate surface area is 97.7 Å². The molecule has 2 unspecified atom stereocenters. The van der Waals surface area contributed by atoms with Crippen LogP contribution < -0.4 is 0 Å². The van der Waals surface area contributed by atoms with E-state index in [9.17, 15) is 10.2 Å². The molecule has 1 heterocycles. The molecule has 5 nitrogen and oxygen atoms in total. The van der Waals surface area contributed by atoms with Crippen LogP contribution in [0.5, 0.6) is 11.5 Å². The zero-order valence-electron chi connectivity index (χ0n) is 9.29. The fourth-order valence-electron chi connectivity index (χ4n) is 1.92. The molecule has 1 aliphatic rings. The van der Waals surface area contributed by atoms with Gasteiger partial charge in [0.1, 0.15) is 17.1 Å². The minimum Gasteiger partial charge on any atom is -0.507 e. The number of aromatic hydroxyl groups is 2. The summed E-state index contributed by atoms with van der Waals surface area (Å²) in [7, 11) is 0. The number of nitrogens with zero attached hydrogens (tertiary/aromatic N) is 2. The second-order valence-corrected chi connectivity index (χ2v) is 4.45. The van der Waals surface area contributed by atoms with E-state index < -0.39 is 0 Å². The first kappa shape index (κ1) is 10.1. The third-order valence-corrected chi connectivity index (χ3v) is 3.12. The van der Waals surface area contributed by atoms with Crippen LogP contribution in [0.15, 0.2) is 22.7 Å². The molecule has 0 bridgehead atoms. The maximum atomic E-state index is 9.67. The van der Waals surface area contributed by atoms with Gasteiger partial charge < -0.3 is 14.7 Å². The Morgan fingerprint density at radius 3 is 2.53 bits per heavy atom. The lowest BCUT2D eigenvalue weighted by Crippen LogP contribution is -1.85. The van der Waals surface area contributed by atoms with E-state index in [1.54, 1.807) is 6.07 Å². The second-order valence-electron chi connectivity index (χ2n) is 4.45. The average Bonchev–Trinajstić information content (AvgIpc) is 2.83. The highest BCUT2D eigenvalue weighted by Crippen LogP contribution is 2.46. The Bertz CT molecular complexity index is 544. The molecule has 0 amide bonds. The minimum atomic E-state index is -0.0657. The van der Waals surface area contributed by atoms with Gasteiger partial charge in [-0.25, -0.2) is 0 Å². The van der Waals surface area contributed by atoms with Crippen molar-refractivity contribution in [3.05, 3.63) is 24.0 Å². The summed E-state index contributed by atoms with van der Waals surface area (Å²) in [5.41, 5.74) is 0.194. The number of phenolic OH excluding ortho intramolecular Hbond substituents is 2. The van der Waals surface area contributed by atoms with Crippen LogP contribution in [0.1, 0.15) is 25.1 Å². The Morgan fingerprint density at radius 2 is 1.94 bits per heavy atom. The van der Waals surface area contributed by atoms with Crippen molar-refractivity contribution in [1.82, 2.24) is 10.1 Å². The van der Waals surface area contributed by atoms with Gasteiger partial charge in [0.05, 0.1) is 0 Å². The third-order valence-electron chi connectivity index (χ3n) is 3.12. The molecule has 1 aromatic carbocycles. The van der Waals surface area contributed by atoms with Crippen LogP contribution in [-0.2, 0) is 0 Å². The molecular formula is C12H12N2O3. The van der Waals surface area contributed by atoms with Crippen LogP contribution in [0.4, 0.5) is 0 Å². The summed E-state index contributed by atoms with van der Waals surface area (Å²) in [6, 6.07) is 4.49. The molecule has 2 atom stereocenters. The van der Waals surface area contributed by atoms with E-state index in [1.165, 1.54) is 12.1 Å². The van der Waals surface area contributed by atoms with Gasteiger partial charge in [0.15, 0.2) is 5.82 Å². The van der Waals surface area contributed by atoms with Crippen LogP contribution >= 0.6 is 0 Å². The molecule has 1 aliphatic carbocycles. The lowest BCUT2D eigenvalue weighted by Gasteiger charge is -2.00. The zero-order valence-corrected chi connectivity index (χ0v) is 9.29. The van der Waals surface area contributed by atoms with Crippen molar-refractivity contribution >= 4 is 0 Å². The van der Waals surface area contributed by atoms with Gasteiger partial charge in [-0.15, -0.1) is 0 Å². The fourth-order valence-corrected chi connectivity index (χ4v) is 1.92. The van der Waals surface area contributed by atoms with E-state index in [0.29, 0.717) is 17.7 Å². The molecule has 1 saturated carbocycles. The highest BCUT2D eigenvalue weighted by molar-refractivity contribution is 5.69. The van der Waals surface area contributed by atoms with Crippen molar-refractivity contribution in [2.45, 2.75) is 19.3 Å². The van der Waals surface area contributed by atoms with E-state index in [1.807, 2.05) is 0 Å². The summed E-state index contributed by atoms with van der Waals surface area (Å²) in [5, 5.41) is 23.2. The topological polar surface area (TPSA) is 79.4 Å². The van der Waals surface area contributed by atoms with Crippen LogP contribution in [0.2, 0.25) is 0 Å². The highest BCUT2D eigenvalue weighted by Gasteiger charge is 2.38. The number of rotatable bonds is 2. The zero-order chi connectivity index (χ0) is 12.0. The standard InChI is InChI=1S/C12H12N2O3/c1-6-5-7(6)11-13-12(17-14-11)10-8(15)3-2-4-9(10)16/h2-4,6-7,15-16H,5H2,1H3. The first-order chi connectivity index (χ1) is 8.16. The first-order valence-corrected chi connectivity index (χ1v) is 5.51. The molecule has 5 heteroatoms. The summed E-state index contributed by atoms with van der Waals surface area (Å²) in [4.78, 5) is 4.22. The maximum absolute atomic E-state index is 9.67. The van der Waals surface area contributed by atoms with Gasteiger partial charge in [-0.3, -0.25) is 0 Å². The summed E-state index contributed by atoms with van der Waals surface area (Å²) in [6.45, 7) is 2.12. The van der Waals surface area contributed by atoms with Crippen molar-refractivity contribution in [3.63, 3.8) is 0 Å². The lowest BCUT2D eigenvalue weighted by atomic mass is 10.2. The Balaban J connectivity index is 2.01. The van der Waals surface area contributed by atoms with Gasteiger partial charge in [-0.1, -0.05) is 18.1 Å². The third kappa shape index (κ3) is 1.63. The molecule has 0 radical (unpaired) electrons. The number of benzene rings is 1. The van der Waals surface area contributed by atoms with Gasteiger partial charge in [-0.05, 0) is 24.5 Å². The van der Waals surface area contributed by atoms with Crippen molar-refractivity contribution in [1.29, 1.82) is 0 Å². The van der Waals surface area contributed by atoms with Crippen molar-refractivity contribution in [2.24, 2.45) is 5.92 Å². The van der Waals surface area contributed by atoms with Gasteiger partial charge in [0, 0.05) is 5.92 Å². The molecule has 0 aliphatic heterocycles. The second kappa shape index (κ2) is 3.48. The predicted molar refractivity (Wildman–Crippen MR) is 59.6 cm³/mol. The Hall–Kier alpha value is -2.04. The number of hydrogen-bond acceptors (Lipinski definition) is 5. The van der Waals surface area contributed by atoms with E-state index >= 15 is 0 Å². The molecule has 2 N–H and O–H groups in total. The highest BCUT2D eigenvalue weighted by atomic mass is 16.5. The van der Waals surface area contributed by atoms with Crippen LogP contribution in [0, 0.1) is 5.92 Å². The van der Waals surface area contributed by atoms with Gasteiger partial charge in [0.2, 0.25) is 0 Å². The summed E-state index contributed by atoms with van der Waals surface area (Å²) in [5.74, 6) is 1.61.